The van der Waals surface area contributed by atoms with Crippen molar-refractivity contribution in [3.8, 4) is 0 Å². The second kappa shape index (κ2) is 9.51. The van der Waals surface area contributed by atoms with E-state index in [0.717, 1.165) is 31.8 Å². The molecule has 0 saturated carbocycles. The molecule has 1 unspecified atom stereocenters. The quantitative estimate of drug-likeness (QED) is 0.271. The number of esters is 1. The second-order valence-corrected chi connectivity index (χ2v) is 4.90. The minimum absolute atomic E-state index is 0.122. The van der Waals surface area contributed by atoms with E-state index in [1.54, 1.807) is 0 Å². The topological polar surface area (TPSA) is 26.3 Å². The summed E-state index contributed by atoms with van der Waals surface area (Å²) in [5.41, 5.74) is 0. The van der Waals surface area contributed by atoms with Gasteiger partial charge in [-0.1, -0.05) is 25.5 Å². The van der Waals surface area contributed by atoms with Crippen LogP contribution in [0.3, 0.4) is 0 Å². The van der Waals surface area contributed by atoms with Gasteiger partial charge in [-0.25, -0.2) is 13.6 Å². The third-order valence-corrected chi connectivity index (χ3v) is 3.02. The van der Waals surface area contributed by atoms with Crippen molar-refractivity contribution in [1.82, 2.24) is 0 Å². The molecule has 0 aromatic carbocycles. The van der Waals surface area contributed by atoms with E-state index in [4.69, 9.17) is 4.74 Å². The first kappa shape index (κ1) is 15.3. The normalized spacial score (nSPS) is 12.5. The predicted molar refractivity (Wildman–Crippen MR) is 60.8 cm³/mol. The molecule has 0 aromatic rings. The van der Waals surface area contributed by atoms with Crippen LogP contribution >= 0.6 is 0 Å². The number of hydrogen-bond donors (Lipinski definition) is 0. The summed E-state index contributed by atoms with van der Waals surface area (Å²) < 4.78 is 28.6. The van der Waals surface area contributed by atoms with Crippen LogP contribution in [0.4, 0.5) is 8.78 Å². The van der Waals surface area contributed by atoms with Gasteiger partial charge in [-0.2, -0.15) is 0 Å². The number of ether oxygens (including phenoxy) is 1. The summed E-state index contributed by atoms with van der Waals surface area (Å²) in [6, 6.07) is -1.56. The second-order valence-electron chi connectivity index (χ2n) is 3.56. The van der Waals surface area contributed by atoms with Gasteiger partial charge in [0.2, 0.25) is 6.05 Å². The lowest BCUT2D eigenvalue weighted by atomic mass is 10.1. The van der Waals surface area contributed by atoms with Crippen LogP contribution in [0.25, 0.3) is 0 Å². The Labute approximate surface area is 97.9 Å². The van der Waals surface area contributed by atoms with Crippen LogP contribution in [0.2, 0.25) is 6.04 Å². The van der Waals surface area contributed by atoms with Gasteiger partial charge in [0.15, 0.2) is 0 Å². The Morgan fingerprint density at radius 3 is 2.69 bits per heavy atom. The number of rotatable bonds is 9. The lowest BCUT2D eigenvalue weighted by molar-refractivity contribution is -0.142. The van der Waals surface area contributed by atoms with Gasteiger partial charge in [-0.05, 0) is 19.8 Å². The standard InChI is InChI=1S/C11H18F2O2Si/c1-3-10(14)15-9(2)7-5-4-6-8-16-11(12)13/h3,9,11H,1,4-8H2,2H3. The van der Waals surface area contributed by atoms with Crippen molar-refractivity contribution in [2.24, 2.45) is 0 Å². The van der Waals surface area contributed by atoms with E-state index in [1.165, 1.54) is 0 Å². The van der Waals surface area contributed by atoms with E-state index in [2.05, 4.69) is 6.58 Å². The summed E-state index contributed by atoms with van der Waals surface area (Å²) in [5, 5.41) is 0. The van der Waals surface area contributed by atoms with E-state index in [1.807, 2.05) is 6.92 Å². The van der Waals surface area contributed by atoms with Gasteiger partial charge in [0.1, 0.15) is 9.52 Å². The summed E-state index contributed by atoms with van der Waals surface area (Å²) in [5.74, 6) is -0.410. The van der Waals surface area contributed by atoms with Crippen LogP contribution in [0.1, 0.15) is 32.6 Å². The number of halogens is 2. The Hall–Kier alpha value is -0.713. The molecule has 0 aliphatic carbocycles. The Balaban J connectivity index is 3.30. The Morgan fingerprint density at radius 2 is 2.12 bits per heavy atom. The fourth-order valence-corrected chi connectivity index (χ4v) is 1.92. The van der Waals surface area contributed by atoms with Crippen LogP contribution in [0.5, 0.6) is 0 Å². The number of hydrogen-bond acceptors (Lipinski definition) is 2. The molecule has 0 aromatic heterocycles. The molecule has 0 bridgehead atoms. The van der Waals surface area contributed by atoms with Crippen molar-refractivity contribution in [2.75, 3.05) is 0 Å². The zero-order valence-electron chi connectivity index (χ0n) is 9.55. The van der Waals surface area contributed by atoms with Crippen molar-refractivity contribution in [2.45, 2.75) is 50.8 Å². The maximum absolute atomic E-state index is 11.8. The van der Waals surface area contributed by atoms with Gasteiger partial charge < -0.3 is 4.74 Å². The molecule has 2 radical (unpaired) electrons. The number of carbonyl (C=O) groups is 1. The molecule has 2 nitrogen and oxygen atoms in total. The molecule has 0 aliphatic heterocycles. The molecule has 0 spiro atoms. The third-order valence-electron chi connectivity index (χ3n) is 2.07. The van der Waals surface area contributed by atoms with E-state index in [0.29, 0.717) is 6.04 Å². The highest BCUT2D eigenvalue weighted by molar-refractivity contribution is 6.36. The van der Waals surface area contributed by atoms with Crippen molar-refractivity contribution < 1.29 is 18.3 Å². The lowest BCUT2D eigenvalue weighted by Crippen LogP contribution is -2.12. The average Bonchev–Trinajstić information content (AvgIpc) is 2.22. The van der Waals surface area contributed by atoms with Gasteiger partial charge in [-0.3, -0.25) is 0 Å². The molecular formula is C11H18F2O2Si. The molecule has 0 amide bonds. The number of unbranched alkanes of at least 4 members (excludes halogenated alkanes) is 2. The van der Waals surface area contributed by atoms with Crippen molar-refractivity contribution in [3.05, 3.63) is 12.7 Å². The molecular weight excluding hydrogens is 230 g/mol. The molecule has 0 N–H and O–H groups in total. The maximum atomic E-state index is 11.8. The van der Waals surface area contributed by atoms with Gasteiger partial charge in [0.25, 0.3) is 0 Å². The number of carbonyl (C=O) groups excluding carboxylic acids is 1. The highest BCUT2D eigenvalue weighted by Crippen LogP contribution is 2.09. The Morgan fingerprint density at radius 1 is 1.44 bits per heavy atom. The molecule has 0 saturated heterocycles. The monoisotopic (exact) mass is 248 g/mol. The highest BCUT2D eigenvalue weighted by Gasteiger charge is 2.06. The SMILES string of the molecule is C=CC(=O)OC(C)CCCCC[Si]C(F)F. The van der Waals surface area contributed by atoms with Crippen LogP contribution in [-0.2, 0) is 9.53 Å². The molecule has 5 heteroatoms. The third kappa shape index (κ3) is 9.83. The van der Waals surface area contributed by atoms with Gasteiger partial charge >= 0.3 is 5.97 Å². The summed E-state index contributed by atoms with van der Waals surface area (Å²) in [7, 11) is -0.241. The molecule has 0 fully saturated rings. The fourth-order valence-electron chi connectivity index (χ4n) is 1.25. The molecule has 0 aliphatic rings. The molecule has 16 heavy (non-hydrogen) atoms. The largest absolute Gasteiger partial charge is 0.460 e. The van der Waals surface area contributed by atoms with Gasteiger partial charge in [0.05, 0.1) is 6.10 Å². The zero-order chi connectivity index (χ0) is 12.4. The lowest BCUT2D eigenvalue weighted by Gasteiger charge is -2.11. The Bertz CT molecular complexity index is 210. The summed E-state index contributed by atoms with van der Waals surface area (Å²) in [4.78, 5) is 10.8. The molecule has 0 rings (SSSR count). The van der Waals surface area contributed by atoms with Gasteiger partial charge in [0, 0.05) is 6.08 Å². The minimum Gasteiger partial charge on any atom is -0.460 e. The summed E-state index contributed by atoms with van der Waals surface area (Å²) >= 11 is 0. The fraction of sp³-hybridized carbons (Fsp3) is 0.727. The van der Waals surface area contributed by atoms with Gasteiger partial charge in [-0.15, -0.1) is 0 Å². The van der Waals surface area contributed by atoms with E-state index >= 15 is 0 Å². The minimum atomic E-state index is -2.16. The molecule has 0 heterocycles. The van der Waals surface area contributed by atoms with Crippen LogP contribution < -0.4 is 0 Å². The average molecular weight is 248 g/mol. The summed E-state index contributed by atoms with van der Waals surface area (Å²) in [6.07, 6.45) is 4.43. The van der Waals surface area contributed by atoms with E-state index < -0.39 is 12.0 Å². The zero-order valence-corrected chi connectivity index (χ0v) is 10.5. The van der Waals surface area contributed by atoms with E-state index in [9.17, 15) is 13.6 Å². The number of alkyl halides is 2. The van der Waals surface area contributed by atoms with Crippen LogP contribution in [0.15, 0.2) is 12.7 Å². The first-order valence-electron chi connectivity index (χ1n) is 5.41. The van der Waals surface area contributed by atoms with Crippen molar-refractivity contribution >= 4 is 15.5 Å². The predicted octanol–water partition coefficient (Wildman–Crippen LogP) is 3.01. The highest BCUT2D eigenvalue weighted by atomic mass is 28.2. The maximum Gasteiger partial charge on any atom is 0.330 e. The van der Waals surface area contributed by atoms with Crippen molar-refractivity contribution in [1.29, 1.82) is 0 Å². The first-order valence-corrected chi connectivity index (χ1v) is 6.69. The van der Waals surface area contributed by atoms with Crippen LogP contribution in [0, 0.1) is 0 Å². The molecule has 92 valence electrons. The molecule has 1 atom stereocenters. The van der Waals surface area contributed by atoms with E-state index in [-0.39, 0.29) is 15.6 Å². The summed E-state index contributed by atoms with van der Waals surface area (Å²) in [6.45, 7) is 5.13. The smallest absolute Gasteiger partial charge is 0.330 e. The van der Waals surface area contributed by atoms with Crippen molar-refractivity contribution in [3.63, 3.8) is 0 Å². The first-order chi connectivity index (χ1) is 7.56. The van der Waals surface area contributed by atoms with Crippen LogP contribution in [-0.4, -0.2) is 27.6 Å². The Kier molecular flexibility index (Phi) is 9.08.